The Balaban J connectivity index is 1.51. The average Bonchev–Trinajstić information content (AvgIpc) is 2.94. The van der Waals surface area contributed by atoms with Crippen LogP contribution in [0, 0.1) is 0 Å². The molecular weight excluding hydrogens is 434 g/mol. The minimum Gasteiger partial charge on any atom is -0.363 e. The van der Waals surface area contributed by atoms with E-state index in [1.165, 1.54) is 39.1 Å². The van der Waals surface area contributed by atoms with Crippen molar-refractivity contribution < 1.29 is 0 Å². The van der Waals surface area contributed by atoms with Gasteiger partial charge in [-0.2, -0.15) is 0 Å². The number of anilines is 1. The van der Waals surface area contributed by atoms with E-state index in [2.05, 4.69) is 157 Å². The van der Waals surface area contributed by atoms with Crippen molar-refractivity contribution in [3.05, 3.63) is 173 Å². The van der Waals surface area contributed by atoms with Gasteiger partial charge in [-0.1, -0.05) is 140 Å². The minimum absolute atomic E-state index is 0.857. The van der Waals surface area contributed by atoms with E-state index in [1.54, 1.807) is 0 Å². The third-order valence-corrected chi connectivity index (χ3v) is 6.42. The predicted molar refractivity (Wildman–Crippen MR) is 154 cm³/mol. The molecule has 36 heavy (non-hydrogen) atoms. The molecule has 0 bridgehead atoms. The van der Waals surface area contributed by atoms with Gasteiger partial charge in [0.25, 0.3) is 0 Å². The summed E-state index contributed by atoms with van der Waals surface area (Å²) in [5, 5.41) is 0. The molecule has 176 valence electrons. The molecule has 0 N–H and O–H groups in total. The Morgan fingerprint density at radius 3 is 1.53 bits per heavy atom. The molecule has 0 saturated carbocycles. The van der Waals surface area contributed by atoms with Crippen molar-refractivity contribution in [1.29, 1.82) is 0 Å². The second-order valence-corrected chi connectivity index (χ2v) is 9.12. The highest BCUT2D eigenvalue weighted by Gasteiger charge is 2.12. The van der Waals surface area contributed by atoms with E-state index in [9.17, 15) is 0 Å². The van der Waals surface area contributed by atoms with Crippen molar-refractivity contribution in [2.75, 3.05) is 4.90 Å². The molecule has 5 aromatic carbocycles. The van der Waals surface area contributed by atoms with E-state index in [4.69, 9.17) is 0 Å². The third-order valence-electron chi connectivity index (χ3n) is 6.42. The van der Waals surface area contributed by atoms with E-state index in [-0.39, 0.29) is 0 Å². The summed E-state index contributed by atoms with van der Waals surface area (Å²) in [6.07, 6.45) is 5.39. The molecule has 0 aliphatic carbocycles. The zero-order valence-corrected chi connectivity index (χ0v) is 20.5. The van der Waals surface area contributed by atoms with E-state index in [0.717, 1.165) is 19.5 Å². The Kier molecular flexibility index (Phi) is 7.70. The van der Waals surface area contributed by atoms with Crippen LogP contribution in [0.3, 0.4) is 0 Å². The molecule has 0 amide bonds. The number of hydrogen-bond acceptors (Lipinski definition) is 1. The van der Waals surface area contributed by atoms with Crippen molar-refractivity contribution in [2.24, 2.45) is 0 Å². The molecule has 0 unspecified atom stereocenters. The van der Waals surface area contributed by atoms with Gasteiger partial charge in [-0.3, -0.25) is 0 Å². The minimum atomic E-state index is 0.857. The molecule has 0 atom stereocenters. The van der Waals surface area contributed by atoms with Gasteiger partial charge in [0.1, 0.15) is 0 Å². The fourth-order valence-electron chi connectivity index (χ4n) is 4.51. The molecule has 1 nitrogen and oxygen atoms in total. The van der Waals surface area contributed by atoms with Gasteiger partial charge in [0.05, 0.1) is 0 Å². The van der Waals surface area contributed by atoms with Crippen LogP contribution in [-0.4, -0.2) is 0 Å². The number of rotatable bonds is 9. The largest absolute Gasteiger partial charge is 0.363 e. The molecule has 0 aliphatic rings. The van der Waals surface area contributed by atoms with Crippen molar-refractivity contribution in [3.63, 3.8) is 0 Å². The maximum Gasteiger partial charge on any atom is 0.0433 e. The molecule has 0 aromatic heterocycles. The summed E-state index contributed by atoms with van der Waals surface area (Å²) >= 11 is 0. The molecule has 1 heteroatoms. The fraction of sp³-hybridized carbons (Fsp3) is 0.0857. The van der Waals surface area contributed by atoms with Crippen LogP contribution in [0.15, 0.2) is 140 Å². The van der Waals surface area contributed by atoms with Gasteiger partial charge in [-0.25, -0.2) is 0 Å². The lowest BCUT2D eigenvalue weighted by Crippen LogP contribution is -2.22. The molecule has 5 aromatic rings. The summed E-state index contributed by atoms with van der Waals surface area (Å²) in [6.45, 7) is 1.71. The molecule has 0 saturated heterocycles. The van der Waals surface area contributed by atoms with Crippen LogP contribution in [0.1, 0.15) is 33.4 Å². The van der Waals surface area contributed by atoms with Crippen LogP contribution in [0.2, 0.25) is 0 Å². The number of nitrogens with zero attached hydrogens (tertiary/aromatic N) is 1. The zero-order valence-electron chi connectivity index (χ0n) is 20.5. The first-order valence-corrected chi connectivity index (χ1v) is 12.6. The molecule has 0 fully saturated rings. The van der Waals surface area contributed by atoms with E-state index in [0.29, 0.717) is 0 Å². The van der Waals surface area contributed by atoms with Gasteiger partial charge in [0, 0.05) is 18.8 Å². The van der Waals surface area contributed by atoms with Crippen LogP contribution in [0.5, 0.6) is 0 Å². The highest BCUT2D eigenvalue weighted by atomic mass is 15.1. The van der Waals surface area contributed by atoms with Gasteiger partial charge in [0.15, 0.2) is 0 Å². The Labute approximate surface area is 215 Å². The lowest BCUT2D eigenvalue weighted by Gasteiger charge is -2.26. The highest BCUT2D eigenvalue weighted by molar-refractivity contribution is 5.73. The predicted octanol–water partition coefficient (Wildman–Crippen LogP) is 8.65. The maximum absolute atomic E-state index is 2.47. The molecule has 0 spiro atoms. The fourth-order valence-corrected chi connectivity index (χ4v) is 4.51. The lowest BCUT2D eigenvalue weighted by molar-refractivity contribution is 0.799. The Morgan fingerprint density at radius 1 is 0.472 bits per heavy atom. The van der Waals surface area contributed by atoms with E-state index in [1.807, 2.05) is 0 Å². The van der Waals surface area contributed by atoms with E-state index >= 15 is 0 Å². The van der Waals surface area contributed by atoms with Crippen LogP contribution in [0.4, 0.5) is 5.69 Å². The van der Waals surface area contributed by atoms with Crippen molar-refractivity contribution in [1.82, 2.24) is 0 Å². The molecule has 0 aliphatic heterocycles. The number of benzene rings is 5. The molecule has 0 radical (unpaired) electrons. The Bertz CT molecular complexity index is 1330. The number of hydrogen-bond donors (Lipinski definition) is 0. The summed E-state index contributed by atoms with van der Waals surface area (Å²) in [5.74, 6) is 0. The normalized spacial score (nSPS) is 11.0. The topological polar surface area (TPSA) is 3.24 Å². The van der Waals surface area contributed by atoms with Gasteiger partial charge in [-0.05, 0) is 51.9 Å². The smallest absolute Gasteiger partial charge is 0.0433 e. The zero-order chi connectivity index (χ0) is 24.4. The first-order valence-electron chi connectivity index (χ1n) is 12.6. The summed E-state index contributed by atoms with van der Waals surface area (Å²) in [5.41, 5.74) is 8.96. The van der Waals surface area contributed by atoms with Gasteiger partial charge in [0.2, 0.25) is 0 Å². The summed E-state index contributed by atoms with van der Waals surface area (Å²) in [4.78, 5) is 2.47. The average molecular weight is 466 g/mol. The summed E-state index contributed by atoms with van der Waals surface area (Å²) < 4.78 is 0. The standard InChI is InChI=1S/C35H31N/c1-5-13-29(14-6-1)21-22-34-26-35(24-23-33(34)25-30-15-7-2-8-16-30)36(27-31-17-9-3-10-18-31)28-32-19-11-4-12-20-32/h1-24,26H,25,27-28H2/b22-21+. The van der Waals surface area contributed by atoms with Crippen molar-refractivity contribution >= 4 is 17.8 Å². The lowest BCUT2D eigenvalue weighted by atomic mass is 9.97. The maximum atomic E-state index is 2.47. The van der Waals surface area contributed by atoms with Crippen LogP contribution < -0.4 is 4.90 Å². The van der Waals surface area contributed by atoms with Crippen molar-refractivity contribution in [2.45, 2.75) is 19.5 Å². The molecule has 5 rings (SSSR count). The summed E-state index contributed by atoms with van der Waals surface area (Å²) in [7, 11) is 0. The van der Waals surface area contributed by atoms with E-state index < -0.39 is 0 Å². The van der Waals surface area contributed by atoms with Crippen LogP contribution in [0.25, 0.3) is 12.2 Å². The molecular formula is C35H31N. The Morgan fingerprint density at radius 2 is 0.972 bits per heavy atom. The first-order chi connectivity index (χ1) is 17.8. The molecule has 0 heterocycles. The second-order valence-electron chi connectivity index (χ2n) is 9.12. The van der Waals surface area contributed by atoms with Crippen molar-refractivity contribution in [3.8, 4) is 0 Å². The van der Waals surface area contributed by atoms with Crippen LogP contribution >= 0.6 is 0 Å². The monoisotopic (exact) mass is 465 g/mol. The van der Waals surface area contributed by atoms with Crippen LogP contribution in [-0.2, 0) is 19.5 Å². The van der Waals surface area contributed by atoms with Gasteiger partial charge < -0.3 is 4.90 Å². The highest BCUT2D eigenvalue weighted by Crippen LogP contribution is 2.27. The summed E-state index contributed by atoms with van der Waals surface area (Å²) in [6, 6.07) is 49.6. The van der Waals surface area contributed by atoms with Gasteiger partial charge in [-0.15, -0.1) is 0 Å². The SMILES string of the molecule is C(=C\c1cc(N(Cc2ccccc2)Cc2ccccc2)ccc1Cc1ccccc1)/c1ccccc1. The second kappa shape index (κ2) is 11.9. The Hall–Kier alpha value is -4.36. The first kappa shape index (κ1) is 23.4. The third kappa shape index (κ3) is 6.40. The van der Waals surface area contributed by atoms with Gasteiger partial charge >= 0.3 is 0 Å². The quantitative estimate of drug-likeness (QED) is 0.197.